The van der Waals surface area contributed by atoms with Crippen LogP contribution in [0.5, 0.6) is 0 Å². The van der Waals surface area contributed by atoms with Crippen LogP contribution in [-0.2, 0) is 0 Å². The van der Waals surface area contributed by atoms with Gasteiger partial charge in [0.05, 0.1) is 0 Å². The summed E-state index contributed by atoms with van der Waals surface area (Å²) >= 11 is 0. The first-order chi connectivity index (χ1) is 3.88. The SMILES string of the molecule is N=CC1CCC1CN. The summed E-state index contributed by atoms with van der Waals surface area (Å²) in [5.74, 6) is 1.15. The van der Waals surface area contributed by atoms with Crippen LogP contribution in [0.3, 0.4) is 0 Å². The molecule has 0 aromatic heterocycles. The van der Waals surface area contributed by atoms with E-state index in [1.54, 1.807) is 0 Å². The molecule has 0 aromatic carbocycles. The molecule has 1 aliphatic carbocycles. The molecule has 1 aliphatic rings. The summed E-state index contributed by atoms with van der Waals surface area (Å²) in [7, 11) is 0. The lowest BCUT2D eigenvalue weighted by Gasteiger charge is -2.32. The van der Waals surface area contributed by atoms with Crippen LogP contribution >= 0.6 is 0 Å². The molecule has 2 nitrogen and oxygen atoms in total. The molecule has 0 bridgehead atoms. The highest BCUT2D eigenvalue weighted by Crippen LogP contribution is 2.31. The van der Waals surface area contributed by atoms with Gasteiger partial charge in [0, 0.05) is 0 Å². The minimum absolute atomic E-state index is 0.514. The molecule has 0 heterocycles. The van der Waals surface area contributed by atoms with Crippen molar-refractivity contribution in [2.75, 3.05) is 6.54 Å². The standard InChI is InChI=1S/C6H12N2/c7-3-5-1-2-6(5)4-8/h3,5-7H,1-2,4,8H2. The van der Waals surface area contributed by atoms with Crippen molar-refractivity contribution in [3.8, 4) is 0 Å². The van der Waals surface area contributed by atoms with E-state index in [9.17, 15) is 0 Å². The lowest BCUT2D eigenvalue weighted by atomic mass is 9.74. The average Bonchev–Trinajstić information content (AvgIpc) is 1.66. The highest BCUT2D eigenvalue weighted by molar-refractivity contribution is 5.58. The van der Waals surface area contributed by atoms with Gasteiger partial charge in [0.25, 0.3) is 0 Å². The third-order valence-electron chi connectivity index (χ3n) is 1.99. The molecule has 46 valence electrons. The Morgan fingerprint density at radius 3 is 2.50 bits per heavy atom. The fourth-order valence-electron chi connectivity index (χ4n) is 1.11. The second-order valence-corrected chi connectivity index (χ2v) is 2.40. The van der Waals surface area contributed by atoms with Crippen molar-refractivity contribution in [1.29, 1.82) is 5.41 Å². The van der Waals surface area contributed by atoms with E-state index in [4.69, 9.17) is 11.1 Å². The van der Waals surface area contributed by atoms with Crippen LogP contribution in [-0.4, -0.2) is 12.8 Å². The molecule has 2 heteroatoms. The Morgan fingerprint density at radius 1 is 1.62 bits per heavy atom. The molecule has 0 saturated heterocycles. The molecular formula is C6H12N2. The third-order valence-corrected chi connectivity index (χ3v) is 1.99. The van der Waals surface area contributed by atoms with Crippen molar-refractivity contribution in [3.05, 3.63) is 0 Å². The Morgan fingerprint density at radius 2 is 2.38 bits per heavy atom. The largest absolute Gasteiger partial charge is 0.330 e. The monoisotopic (exact) mass is 112 g/mol. The van der Waals surface area contributed by atoms with Crippen LogP contribution in [0.25, 0.3) is 0 Å². The molecule has 1 saturated carbocycles. The summed E-state index contributed by atoms with van der Waals surface area (Å²) in [5.41, 5.74) is 5.40. The van der Waals surface area contributed by atoms with Gasteiger partial charge < -0.3 is 11.1 Å². The Balaban J connectivity index is 2.26. The predicted molar refractivity (Wildman–Crippen MR) is 34.1 cm³/mol. The topological polar surface area (TPSA) is 49.9 Å². The van der Waals surface area contributed by atoms with E-state index in [0.29, 0.717) is 11.8 Å². The molecule has 0 spiro atoms. The highest BCUT2D eigenvalue weighted by Gasteiger charge is 2.26. The van der Waals surface area contributed by atoms with Crippen LogP contribution < -0.4 is 5.73 Å². The van der Waals surface area contributed by atoms with Gasteiger partial charge >= 0.3 is 0 Å². The summed E-state index contributed by atoms with van der Waals surface area (Å²) in [6.45, 7) is 0.764. The van der Waals surface area contributed by atoms with Gasteiger partial charge in [-0.25, -0.2) is 0 Å². The molecule has 3 N–H and O–H groups in total. The summed E-state index contributed by atoms with van der Waals surface area (Å²) in [5, 5.41) is 6.91. The second kappa shape index (κ2) is 2.27. The van der Waals surface area contributed by atoms with Gasteiger partial charge in [0.2, 0.25) is 0 Å². The van der Waals surface area contributed by atoms with Crippen LogP contribution in [0.4, 0.5) is 0 Å². The number of nitrogens with two attached hydrogens (primary N) is 1. The maximum Gasteiger partial charge on any atom is -0.00135 e. The molecule has 1 fully saturated rings. The number of rotatable bonds is 2. The molecule has 0 amide bonds. The molecule has 0 radical (unpaired) electrons. The average molecular weight is 112 g/mol. The van der Waals surface area contributed by atoms with E-state index >= 15 is 0 Å². The Kier molecular flexibility index (Phi) is 1.63. The number of nitrogens with one attached hydrogen (secondary N) is 1. The highest BCUT2D eigenvalue weighted by atomic mass is 14.6. The molecule has 0 aromatic rings. The van der Waals surface area contributed by atoms with Crippen molar-refractivity contribution in [1.82, 2.24) is 0 Å². The minimum Gasteiger partial charge on any atom is -0.330 e. The Labute approximate surface area is 49.6 Å². The van der Waals surface area contributed by atoms with Gasteiger partial charge in [-0.1, -0.05) is 0 Å². The zero-order valence-electron chi connectivity index (χ0n) is 4.93. The van der Waals surface area contributed by atoms with E-state index in [2.05, 4.69) is 0 Å². The van der Waals surface area contributed by atoms with E-state index in [-0.39, 0.29) is 0 Å². The molecular weight excluding hydrogens is 100 g/mol. The van der Waals surface area contributed by atoms with Crippen LogP contribution in [0.2, 0.25) is 0 Å². The van der Waals surface area contributed by atoms with Crippen LogP contribution in [0.15, 0.2) is 0 Å². The van der Waals surface area contributed by atoms with Crippen molar-refractivity contribution in [3.63, 3.8) is 0 Å². The van der Waals surface area contributed by atoms with Crippen molar-refractivity contribution >= 4 is 6.21 Å². The first-order valence-corrected chi connectivity index (χ1v) is 3.09. The lowest BCUT2D eigenvalue weighted by Crippen LogP contribution is -2.32. The van der Waals surface area contributed by atoms with E-state index in [1.165, 1.54) is 19.1 Å². The van der Waals surface area contributed by atoms with Gasteiger partial charge in [-0.3, -0.25) is 0 Å². The van der Waals surface area contributed by atoms with Crippen LogP contribution in [0, 0.1) is 17.2 Å². The maximum absolute atomic E-state index is 6.91. The lowest BCUT2D eigenvalue weighted by molar-refractivity contribution is 0.260. The van der Waals surface area contributed by atoms with Gasteiger partial charge in [-0.05, 0) is 37.4 Å². The molecule has 0 aliphatic heterocycles. The fourth-order valence-corrected chi connectivity index (χ4v) is 1.11. The van der Waals surface area contributed by atoms with Gasteiger partial charge in [-0.15, -0.1) is 0 Å². The molecule has 2 atom stereocenters. The van der Waals surface area contributed by atoms with Gasteiger partial charge in [-0.2, -0.15) is 0 Å². The minimum atomic E-state index is 0.514. The Hall–Kier alpha value is -0.370. The first-order valence-electron chi connectivity index (χ1n) is 3.09. The van der Waals surface area contributed by atoms with E-state index in [1.807, 2.05) is 0 Å². The summed E-state index contributed by atoms with van der Waals surface area (Å²) in [4.78, 5) is 0. The van der Waals surface area contributed by atoms with E-state index in [0.717, 1.165) is 6.54 Å². The molecule has 2 unspecified atom stereocenters. The quantitative estimate of drug-likeness (QED) is 0.505. The summed E-state index contributed by atoms with van der Waals surface area (Å²) in [6, 6.07) is 0. The number of hydrogen-bond acceptors (Lipinski definition) is 2. The maximum atomic E-state index is 6.91. The summed E-state index contributed by atoms with van der Waals surface area (Å²) < 4.78 is 0. The van der Waals surface area contributed by atoms with Crippen molar-refractivity contribution in [2.24, 2.45) is 17.6 Å². The summed E-state index contributed by atoms with van der Waals surface area (Å²) in [6.07, 6.45) is 3.95. The fraction of sp³-hybridized carbons (Fsp3) is 0.833. The Bertz CT molecular complexity index is 88.5. The number of hydrogen-bond donors (Lipinski definition) is 2. The second-order valence-electron chi connectivity index (χ2n) is 2.40. The molecule has 1 rings (SSSR count). The third kappa shape index (κ3) is 0.757. The first kappa shape index (κ1) is 5.76. The van der Waals surface area contributed by atoms with E-state index < -0.39 is 0 Å². The zero-order valence-corrected chi connectivity index (χ0v) is 4.93. The predicted octanol–water partition coefficient (Wildman–Crippen LogP) is 0.621. The van der Waals surface area contributed by atoms with Gasteiger partial charge in [0.1, 0.15) is 0 Å². The zero-order chi connectivity index (χ0) is 5.98. The van der Waals surface area contributed by atoms with Crippen LogP contribution in [0.1, 0.15) is 12.8 Å². The van der Waals surface area contributed by atoms with Crippen molar-refractivity contribution in [2.45, 2.75) is 12.8 Å². The van der Waals surface area contributed by atoms with Gasteiger partial charge in [0.15, 0.2) is 0 Å². The molecule has 8 heavy (non-hydrogen) atoms. The smallest absolute Gasteiger partial charge is 0.00135 e. The van der Waals surface area contributed by atoms with Crippen molar-refractivity contribution < 1.29 is 0 Å². The normalized spacial score (nSPS) is 36.1.